The number of benzene rings is 5. The van der Waals surface area contributed by atoms with E-state index in [1.54, 1.807) is 27.7 Å². The summed E-state index contributed by atoms with van der Waals surface area (Å²) in [5, 5.41) is 44.3. The Kier molecular flexibility index (Phi) is 50.7. The first kappa shape index (κ1) is 95.7. The molecule has 502 valence electrons. The van der Waals surface area contributed by atoms with Crippen LogP contribution in [0.15, 0.2) is 134 Å². The van der Waals surface area contributed by atoms with Gasteiger partial charge in [0.2, 0.25) is 0 Å². The maximum Gasteiger partial charge on any atom is 1.00 e. The number of carbonyl (C=O) groups excluding carboxylic acids is 4. The van der Waals surface area contributed by atoms with Gasteiger partial charge in [-0.2, -0.15) is 0 Å². The number of carbonyl (C=O) groups is 5. The van der Waals surface area contributed by atoms with Gasteiger partial charge in [-0.25, -0.2) is 41.1 Å². The van der Waals surface area contributed by atoms with Crippen molar-refractivity contribution >= 4 is 59.3 Å². The molecule has 0 saturated carbocycles. The Bertz CT molecular complexity index is 3370. The summed E-state index contributed by atoms with van der Waals surface area (Å²) in [7, 11) is 0.278. The van der Waals surface area contributed by atoms with Crippen molar-refractivity contribution < 1.29 is 235 Å². The third-order valence-corrected chi connectivity index (χ3v) is 11.2. The van der Waals surface area contributed by atoms with Crippen LogP contribution in [0.1, 0.15) is 130 Å². The summed E-state index contributed by atoms with van der Waals surface area (Å²) in [6, 6.07) is 13.7. The van der Waals surface area contributed by atoms with Crippen molar-refractivity contribution in [3.05, 3.63) is 207 Å². The SMILES string of the molecule is C=C(C)CCl.C=C(C)COC(=O)c1cc(F)cc(O)c1CC(=C)C.C=C(C)COC(=O)c1cc(F)cc(OCC(=C)C)c1.CC1(C)Cc2c(CO)cc(F)cc2O1.COC(=O)c1cc(F)cc2c1CC(C)(C)O2.O=C(O)c1cc(O)cc(F)c1.O=CO[O-].[2H]CF.[AlH3].[H-].[H-].[K+].[K+].[Li+]. The zero-order valence-corrected chi connectivity index (χ0v) is 61.6. The maximum atomic E-state index is 13.4. The van der Waals surface area contributed by atoms with E-state index >= 15 is 0 Å². The van der Waals surface area contributed by atoms with Gasteiger partial charge in [0.15, 0.2) is 17.4 Å². The van der Waals surface area contributed by atoms with E-state index in [1.807, 2.05) is 34.6 Å². The molecule has 0 fully saturated rings. The molecule has 0 atom stereocenters. The van der Waals surface area contributed by atoms with E-state index < -0.39 is 59.9 Å². The molecular weight excluding hydrogens is 1330 g/mol. The van der Waals surface area contributed by atoms with Gasteiger partial charge in [-0.3, -0.25) is 9.18 Å². The first-order valence-electron chi connectivity index (χ1n) is 27.1. The molecular formula is C66H81AlClF6K2LiO17. The number of alkyl halides is 2. The number of phenolic OH excluding ortho intramolecular Hbond substituents is 2. The molecule has 2 heterocycles. The minimum absolute atomic E-state index is 0. The topological polar surface area (TPSA) is 254 Å². The fourth-order valence-electron chi connectivity index (χ4n) is 7.29. The molecule has 0 unspecified atom stereocenters. The van der Waals surface area contributed by atoms with Crippen LogP contribution >= 0.6 is 11.6 Å². The zero-order chi connectivity index (χ0) is 70.1. The second-order valence-electron chi connectivity index (χ2n) is 21.1. The number of rotatable bonds is 16. The Morgan fingerprint density at radius 2 is 1.09 bits per heavy atom. The third-order valence-electron chi connectivity index (χ3n) is 10.8. The molecule has 0 aliphatic carbocycles. The number of aliphatic hydroxyl groups excluding tert-OH is 1. The number of carboxylic acid groups (broad SMARTS) is 1. The fourth-order valence-corrected chi connectivity index (χ4v) is 7.29. The van der Waals surface area contributed by atoms with E-state index in [4.69, 9.17) is 62.0 Å². The van der Waals surface area contributed by atoms with Gasteiger partial charge >= 0.3 is 146 Å². The van der Waals surface area contributed by atoms with Crippen LogP contribution < -0.4 is 141 Å². The second-order valence-corrected chi connectivity index (χ2v) is 21.3. The Balaban J connectivity index is -0.000000198. The van der Waals surface area contributed by atoms with Crippen LogP contribution in [-0.4, -0.2) is 119 Å². The summed E-state index contributed by atoms with van der Waals surface area (Å²) < 4.78 is 112. The molecule has 2 aliphatic heterocycles. The second kappa shape index (κ2) is 49.8. The third kappa shape index (κ3) is 38.9. The number of methoxy groups -OCH3 is 1. The van der Waals surface area contributed by atoms with Gasteiger partial charge in [0.05, 0.1) is 44.5 Å². The fraction of sp³-hybridized carbons (Fsp3) is 0.318. The van der Waals surface area contributed by atoms with Crippen LogP contribution in [0.25, 0.3) is 0 Å². The Morgan fingerprint density at radius 1 is 0.660 bits per heavy atom. The van der Waals surface area contributed by atoms with Gasteiger partial charge < -0.3 is 61.8 Å². The molecule has 5 aromatic rings. The number of ether oxygens (including phenoxy) is 6. The van der Waals surface area contributed by atoms with Crippen LogP contribution in [0.5, 0.6) is 28.7 Å². The smallest absolute Gasteiger partial charge is 1.00 e. The number of halogens is 7. The largest absolute Gasteiger partial charge is 1.00 e. The maximum absolute atomic E-state index is 13.4. The first-order valence-corrected chi connectivity index (χ1v) is 26.9. The van der Waals surface area contributed by atoms with Crippen LogP contribution in [0.4, 0.5) is 26.3 Å². The molecule has 0 amide bonds. The van der Waals surface area contributed by atoms with Crippen molar-refractivity contribution in [1.29, 1.82) is 0 Å². The molecule has 0 radical (unpaired) electrons. The normalized spacial score (nSPS) is 11.4. The number of aromatic carboxylic acids is 1. The van der Waals surface area contributed by atoms with E-state index in [9.17, 15) is 50.6 Å². The predicted molar refractivity (Wildman–Crippen MR) is 337 cm³/mol. The van der Waals surface area contributed by atoms with E-state index in [2.05, 4.69) is 42.5 Å². The van der Waals surface area contributed by atoms with Crippen molar-refractivity contribution in [3.8, 4) is 28.7 Å². The van der Waals surface area contributed by atoms with Gasteiger partial charge in [-0.15, -0.1) is 11.6 Å². The summed E-state index contributed by atoms with van der Waals surface area (Å²) in [6.07, 6.45) is 1.58. The molecule has 28 heteroatoms. The molecule has 4 N–H and O–H groups in total. The molecule has 94 heavy (non-hydrogen) atoms. The summed E-state index contributed by atoms with van der Waals surface area (Å²) in [4.78, 5) is 56.5. The molecule has 0 saturated heterocycles. The first-order chi connectivity index (χ1) is 42.3. The van der Waals surface area contributed by atoms with Gasteiger partial charge in [0.25, 0.3) is 6.47 Å². The number of hydrogen-bond acceptors (Lipinski definition) is 16. The minimum atomic E-state index is -1.26. The number of carboxylic acids is 1. The Morgan fingerprint density at radius 3 is 1.52 bits per heavy atom. The molecule has 0 bridgehead atoms. The monoisotopic (exact) mass is 1410 g/mol. The predicted octanol–water partition coefficient (Wildman–Crippen LogP) is 3.36. The van der Waals surface area contributed by atoms with Crippen LogP contribution in [0, 0.1) is 29.1 Å². The van der Waals surface area contributed by atoms with E-state index in [1.165, 1.54) is 43.5 Å². The van der Waals surface area contributed by atoms with Gasteiger partial charge in [0.1, 0.15) is 88.9 Å². The summed E-state index contributed by atoms with van der Waals surface area (Å²) in [5.74, 6) is -4.74. The molecule has 7 rings (SSSR count). The number of aromatic hydroxyl groups is 2. The number of phenols is 2. The van der Waals surface area contributed by atoms with Crippen LogP contribution in [0.2, 0.25) is 0 Å². The van der Waals surface area contributed by atoms with Gasteiger partial charge in [-0.05, 0) is 133 Å². The van der Waals surface area contributed by atoms with E-state index in [-0.39, 0.29) is 232 Å². The van der Waals surface area contributed by atoms with Crippen LogP contribution in [-0.2, 0) is 49.8 Å². The van der Waals surface area contributed by atoms with Crippen molar-refractivity contribution in [2.75, 3.05) is 40.0 Å². The minimum Gasteiger partial charge on any atom is -1.00 e. The summed E-state index contributed by atoms with van der Waals surface area (Å²) >= 11 is 5.24. The van der Waals surface area contributed by atoms with Gasteiger partial charge in [0, 0.05) is 65.7 Å². The summed E-state index contributed by atoms with van der Waals surface area (Å²) in [6.45, 7) is 34.9. The van der Waals surface area contributed by atoms with Crippen molar-refractivity contribution in [2.45, 2.75) is 99.4 Å². The van der Waals surface area contributed by atoms with Gasteiger partial charge in [-0.1, -0.05) is 44.0 Å². The average molecular weight is 1410 g/mol. The molecule has 17 nitrogen and oxygen atoms in total. The standard InChI is InChI=1S/2C15H17FO3.C12H13FO3.C11H13FO2.C7H5FO3.C4H7Cl.CH3F.CH2O3.Al.2K.Li.5H/c1-10(2)8-18-14-6-12(5-13(16)7-14)15(17)19-9-11(3)4;1-9(2)5-12-13(6-11(16)7-14(12)17)15(18)19-8-10(3)4;1-12(2)6-9-8(11(14)15-3)4-7(13)5-10(9)16-12;1-11(2)5-9-7(6-13)3-8(12)4-10(9)14-11;8-5-1-4(7(10)11)2-6(9)3-5;1-4(2)3-5;1-2;2-1-4-3;;;;;;;;;/h5-7H,1,3,8-9H2,2,4H3;6-7,17H,1,3,5,8H2,2,4H3;4-5H,6H2,1-3H3;3-4,13H,5-6H2,1-2H3;1-3,9H,(H,10,11);1,3H2,2H3;1H3;1,3H;;;;;;;;;/q;;;;;;;;;3*+1;;;;2*-1/p-1/i;;;;;;1D;;;;;;;;;;. The zero-order valence-electron chi connectivity index (χ0n) is 57.6. The van der Waals surface area contributed by atoms with Crippen molar-refractivity contribution in [3.63, 3.8) is 0 Å². The quantitative estimate of drug-likeness (QED) is 0.0127. The number of aliphatic hydroxyl groups is 1. The van der Waals surface area contributed by atoms with Crippen molar-refractivity contribution in [2.24, 2.45) is 0 Å². The number of esters is 3. The summed E-state index contributed by atoms with van der Waals surface area (Å²) in [5.41, 5.74) is 5.98. The van der Waals surface area contributed by atoms with E-state index in [0.29, 0.717) is 46.1 Å². The van der Waals surface area contributed by atoms with Crippen molar-refractivity contribution in [1.82, 2.24) is 0 Å². The molecule has 0 aromatic heterocycles. The number of fused-ring (bicyclic) bond motifs is 2. The van der Waals surface area contributed by atoms with Crippen LogP contribution in [0.3, 0.4) is 0 Å². The number of hydrogen-bond donors (Lipinski definition) is 4. The molecule has 2 aliphatic rings. The Labute approximate surface area is 662 Å². The Hall–Kier alpha value is -4.66. The average Bonchev–Trinajstić information content (AvgIpc) is 1.67. The molecule has 5 aromatic carbocycles. The molecule has 0 spiro atoms. The number of allylic oxidation sites excluding steroid dienone is 2. The van der Waals surface area contributed by atoms with E-state index in [0.717, 1.165) is 70.7 Å².